The second-order valence-electron chi connectivity index (χ2n) is 4.20. The number of alkyl halides is 1. The molecule has 1 aliphatic carbocycles. The van der Waals surface area contributed by atoms with E-state index in [0.717, 1.165) is 25.9 Å². The van der Waals surface area contributed by atoms with Crippen LogP contribution in [-0.4, -0.2) is 13.7 Å². The van der Waals surface area contributed by atoms with Gasteiger partial charge in [-0.05, 0) is 36.3 Å². The molecule has 0 saturated heterocycles. The summed E-state index contributed by atoms with van der Waals surface area (Å²) in [7, 11) is 1.75. The van der Waals surface area contributed by atoms with Crippen LogP contribution in [0.1, 0.15) is 29.3 Å². The minimum atomic E-state index is 0.207. The molecule has 2 unspecified atom stereocenters. The van der Waals surface area contributed by atoms with E-state index in [4.69, 9.17) is 16.3 Å². The number of hydrogen-bond donors (Lipinski definition) is 0. The normalized spacial score (nSPS) is 24.1. The predicted octanol–water partition coefficient (Wildman–Crippen LogP) is 3.57. The summed E-state index contributed by atoms with van der Waals surface area (Å²) >= 11 is 6.45. The highest BCUT2D eigenvalue weighted by Gasteiger charge is 2.29. The molecule has 82 valence electrons. The first kappa shape index (κ1) is 11.0. The fourth-order valence-corrected chi connectivity index (χ4v) is 2.80. The van der Waals surface area contributed by atoms with Crippen LogP contribution < -0.4 is 0 Å². The van der Waals surface area contributed by atoms with Gasteiger partial charge in [-0.3, -0.25) is 0 Å². The first-order chi connectivity index (χ1) is 7.33. The predicted molar refractivity (Wildman–Crippen MR) is 63.3 cm³/mol. The van der Waals surface area contributed by atoms with Gasteiger partial charge in [0.05, 0.1) is 5.38 Å². The zero-order valence-corrected chi connectivity index (χ0v) is 9.83. The quantitative estimate of drug-likeness (QED) is 0.561. The van der Waals surface area contributed by atoms with E-state index in [-0.39, 0.29) is 5.38 Å². The van der Waals surface area contributed by atoms with Crippen molar-refractivity contribution in [3.05, 3.63) is 35.4 Å². The minimum Gasteiger partial charge on any atom is -0.385 e. The summed E-state index contributed by atoms with van der Waals surface area (Å²) in [5.74, 6) is 0.596. The minimum absolute atomic E-state index is 0.207. The Hall–Kier alpha value is -0.530. The summed E-state index contributed by atoms with van der Waals surface area (Å²) in [4.78, 5) is 0. The molecule has 0 fully saturated rings. The number of hydrogen-bond acceptors (Lipinski definition) is 1. The summed E-state index contributed by atoms with van der Waals surface area (Å²) in [6, 6.07) is 8.52. The van der Waals surface area contributed by atoms with Gasteiger partial charge in [0.25, 0.3) is 0 Å². The van der Waals surface area contributed by atoms with Crippen LogP contribution >= 0.6 is 11.6 Å². The molecule has 1 aliphatic rings. The summed E-state index contributed by atoms with van der Waals surface area (Å²) in [6.45, 7) is 0.844. The third-order valence-corrected chi connectivity index (χ3v) is 3.76. The molecule has 2 atom stereocenters. The fourth-order valence-electron chi connectivity index (χ4n) is 2.37. The number of ether oxygens (including phenoxy) is 1. The highest BCUT2D eigenvalue weighted by atomic mass is 35.5. The summed E-state index contributed by atoms with van der Waals surface area (Å²) < 4.78 is 5.07. The number of rotatable bonds is 4. The largest absolute Gasteiger partial charge is 0.385 e. The van der Waals surface area contributed by atoms with E-state index in [1.165, 1.54) is 11.1 Å². The lowest BCUT2D eigenvalue weighted by Crippen LogP contribution is -2.04. The Morgan fingerprint density at radius 1 is 1.40 bits per heavy atom. The Bertz CT molecular complexity index is 324. The van der Waals surface area contributed by atoms with Crippen molar-refractivity contribution in [2.75, 3.05) is 13.7 Å². The van der Waals surface area contributed by atoms with Crippen molar-refractivity contribution in [1.82, 2.24) is 0 Å². The van der Waals surface area contributed by atoms with Gasteiger partial charge in [0.2, 0.25) is 0 Å². The van der Waals surface area contributed by atoms with Gasteiger partial charge in [-0.25, -0.2) is 0 Å². The van der Waals surface area contributed by atoms with Gasteiger partial charge in [-0.15, -0.1) is 11.6 Å². The highest BCUT2D eigenvalue weighted by Crippen LogP contribution is 2.42. The van der Waals surface area contributed by atoms with Crippen LogP contribution in [0.4, 0.5) is 0 Å². The highest BCUT2D eigenvalue weighted by molar-refractivity contribution is 6.21. The molecular weight excluding hydrogens is 208 g/mol. The van der Waals surface area contributed by atoms with Crippen molar-refractivity contribution in [3.8, 4) is 0 Å². The van der Waals surface area contributed by atoms with Crippen LogP contribution in [0.5, 0.6) is 0 Å². The molecule has 0 radical (unpaired) electrons. The van der Waals surface area contributed by atoms with E-state index in [1.807, 2.05) is 0 Å². The number of methoxy groups -OCH3 is 1. The molecule has 0 heterocycles. The Balaban J connectivity index is 1.97. The summed E-state index contributed by atoms with van der Waals surface area (Å²) in [5.41, 5.74) is 2.77. The van der Waals surface area contributed by atoms with Gasteiger partial charge in [0.15, 0.2) is 0 Å². The van der Waals surface area contributed by atoms with Crippen molar-refractivity contribution < 1.29 is 4.74 Å². The molecule has 0 aliphatic heterocycles. The maximum Gasteiger partial charge on any atom is 0.0619 e. The van der Waals surface area contributed by atoms with E-state index < -0.39 is 0 Å². The number of halogens is 1. The fraction of sp³-hybridized carbons (Fsp3) is 0.538. The Morgan fingerprint density at radius 3 is 2.93 bits per heavy atom. The lowest BCUT2D eigenvalue weighted by Gasteiger charge is -2.13. The smallest absolute Gasteiger partial charge is 0.0619 e. The molecule has 2 heteroatoms. The van der Waals surface area contributed by atoms with Gasteiger partial charge < -0.3 is 4.74 Å². The molecule has 0 aromatic heterocycles. The lowest BCUT2D eigenvalue weighted by molar-refractivity contribution is 0.187. The maximum atomic E-state index is 6.45. The van der Waals surface area contributed by atoms with Crippen molar-refractivity contribution >= 4 is 11.6 Å². The van der Waals surface area contributed by atoms with E-state index in [9.17, 15) is 0 Å². The number of benzene rings is 1. The van der Waals surface area contributed by atoms with Crippen LogP contribution in [0.25, 0.3) is 0 Å². The third kappa shape index (κ3) is 2.35. The standard InChI is InChI=1S/C13H17ClO/c1-15-8-4-6-11-9-10-5-2-3-7-12(10)13(11)14/h2-3,5,7,11,13H,4,6,8-9H2,1H3. The van der Waals surface area contributed by atoms with Crippen molar-refractivity contribution in [3.63, 3.8) is 0 Å². The Labute approximate surface area is 96.4 Å². The van der Waals surface area contributed by atoms with Gasteiger partial charge >= 0.3 is 0 Å². The molecule has 0 saturated carbocycles. The molecule has 1 aromatic rings. The van der Waals surface area contributed by atoms with Crippen LogP contribution in [0, 0.1) is 5.92 Å². The average Bonchev–Trinajstić information content (AvgIpc) is 2.57. The molecule has 0 spiro atoms. The second-order valence-corrected chi connectivity index (χ2v) is 4.67. The van der Waals surface area contributed by atoms with E-state index in [1.54, 1.807) is 7.11 Å². The zero-order valence-electron chi connectivity index (χ0n) is 9.08. The second kappa shape index (κ2) is 5.00. The third-order valence-electron chi connectivity index (χ3n) is 3.17. The van der Waals surface area contributed by atoms with Crippen LogP contribution in [-0.2, 0) is 11.2 Å². The van der Waals surface area contributed by atoms with Crippen LogP contribution in [0.2, 0.25) is 0 Å². The van der Waals surface area contributed by atoms with Crippen LogP contribution in [0.15, 0.2) is 24.3 Å². The van der Waals surface area contributed by atoms with E-state index in [0.29, 0.717) is 5.92 Å². The van der Waals surface area contributed by atoms with Crippen LogP contribution in [0.3, 0.4) is 0 Å². The molecule has 15 heavy (non-hydrogen) atoms. The SMILES string of the molecule is COCCCC1Cc2ccccc2C1Cl. The average molecular weight is 225 g/mol. The lowest BCUT2D eigenvalue weighted by atomic mass is 10.00. The molecular formula is C13H17ClO. The van der Waals surface area contributed by atoms with Crippen molar-refractivity contribution in [2.24, 2.45) is 5.92 Å². The monoisotopic (exact) mass is 224 g/mol. The molecule has 2 rings (SSSR count). The topological polar surface area (TPSA) is 9.23 Å². The zero-order chi connectivity index (χ0) is 10.7. The molecule has 1 aromatic carbocycles. The molecule has 0 bridgehead atoms. The summed E-state index contributed by atoms with van der Waals surface area (Å²) in [5, 5.41) is 0.207. The van der Waals surface area contributed by atoms with E-state index >= 15 is 0 Å². The maximum absolute atomic E-state index is 6.45. The van der Waals surface area contributed by atoms with Crippen molar-refractivity contribution in [1.29, 1.82) is 0 Å². The molecule has 0 N–H and O–H groups in total. The first-order valence-corrected chi connectivity index (χ1v) is 5.97. The number of fused-ring (bicyclic) bond motifs is 1. The van der Waals surface area contributed by atoms with Gasteiger partial charge in [0.1, 0.15) is 0 Å². The van der Waals surface area contributed by atoms with Gasteiger partial charge in [-0.2, -0.15) is 0 Å². The summed E-state index contributed by atoms with van der Waals surface area (Å²) in [6.07, 6.45) is 3.41. The first-order valence-electron chi connectivity index (χ1n) is 5.53. The van der Waals surface area contributed by atoms with Gasteiger partial charge in [-0.1, -0.05) is 24.3 Å². The molecule has 0 amide bonds. The molecule has 1 nitrogen and oxygen atoms in total. The van der Waals surface area contributed by atoms with Gasteiger partial charge in [0, 0.05) is 13.7 Å². The Morgan fingerprint density at radius 2 is 2.20 bits per heavy atom. The Kier molecular flexibility index (Phi) is 3.66. The van der Waals surface area contributed by atoms with Crippen molar-refractivity contribution in [2.45, 2.75) is 24.6 Å². The van der Waals surface area contributed by atoms with E-state index in [2.05, 4.69) is 24.3 Å².